The van der Waals surface area contributed by atoms with E-state index in [1.54, 1.807) is 24.2 Å². The van der Waals surface area contributed by atoms with Crippen LogP contribution in [0.5, 0.6) is 0 Å². The van der Waals surface area contributed by atoms with Crippen LogP contribution in [0.3, 0.4) is 0 Å². The number of amides is 1. The molecule has 1 saturated heterocycles. The molecule has 2 aromatic heterocycles. The number of hydrogen-bond acceptors (Lipinski definition) is 6. The van der Waals surface area contributed by atoms with Crippen LogP contribution >= 0.6 is 0 Å². The monoisotopic (exact) mass is 346 g/mol. The molecule has 0 radical (unpaired) electrons. The fourth-order valence-corrected chi connectivity index (χ4v) is 3.48. The van der Waals surface area contributed by atoms with E-state index in [4.69, 9.17) is 4.74 Å². The summed E-state index contributed by atoms with van der Waals surface area (Å²) >= 11 is 0. The lowest BCUT2D eigenvalue weighted by Gasteiger charge is -2.34. The Balaban J connectivity index is 1.61. The van der Waals surface area contributed by atoms with E-state index in [1.165, 1.54) is 16.3 Å². The van der Waals surface area contributed by atoms with E-state index in [9.17, 15) is 14.4 Å². The van der Waals surface area contributed by atoms with E-state index in [0.29, 0.717) is 31.0 Å². The lowest BCUT2D eigenvalue weighted by Crippen LogP contribution is -2.53. The number of hydrogen-bond donors (Lipinski definition) is 0. The van der Waals surface area contributed by atoms with E-state index < -0.39 is 16.7 Å². The zero-order valence-electron chi connectivity index (χ0n) is 14.0. The average Bonchev–Trinajstić information content (AvgIpc) is 3.20. The fourth-order valence-electron chi connectivity index (χ4n) is 3.48. The molecule has 1 atom stereocenters. The molecule has 25 heavy (non-hydrogen) atoms. The van der Waals surface area contributed by atoms with Crippen LogP contribution in [-0.4, -0.2) is 53.6 Å². The summed E-state index contributed by atoms with van der Waals surface area (Å²) in [6.45, 7) is 1.24. The molecule has 2 aromatic rings. The molecule has 0 unspecified atom stereocenters. The summed E-state index contributed by atoms with van der Waals surface area (Å²) < 4.78 is 9.92. The molecule has 0 bridgehead atoms. The number of nitrogens with zero attached hydrogens (tertiary/aromatic N) is 6. The first-order valence-corrected chi connectivity index (χ1v) is 7.98. The van der Waals surface area contributed by atoms with Gasteiger partial charge in [0.25, 0.3) is 5.91 Å². The Morgan fingerprint density at radius 3 is 2.72 bits per heavy atom. The molecule has 10 heteroatoms. The maximum atomic E-state index is 12.6. The average molecular weight is 346 g/mol. The Kier molecular flexibility index (Phi) is 3.39. The number of rotatable bonds is 1. The van der Waals surface area contributed by atoms with Gasteiger partial charge >= 0.3 is 11.1 Å². The van der Waals surface area contributed by atoms with Crippen molar-refractivity contribution in [2.45, 2.75) is 25.2 Å². The summed E-state index contributed by atoms with van der Waals surface area (Å²) in [7, 11) is 3.16. The van der Waals surface area contributed by atoms with Crippen LogP contribution in [0.2, 0.25) is 0 Å². The summed E-state index contributed by atoms with van der Waals surface area (Å²) in [6.07, 6.45) is 2.17. The van der Waals surface area contributed by atoms with Gasteiger partial charge in [0, 0.05) is 26.8 Å². The van der Waals surface area contributed by atoms with Crippen molar-refractivity contribution >= 4 is 5.91 Å². The summed E-state index contributed by atoms with van der Waals surface area (Å²) in [5, 5.41) is 8.10. The SMILES string of the molecule is Cn1nccc1C(=O)N1CC[C@]2(C1)Cn1c(nn(C)c(=O)c1=O)CO2. The quantitative estimate of drug-likeness (QED) is 0.582. The summed E-state index contributed by atoms with van der Waals surface area (Å²) in [5.41, 5.74) is -1.44. The highest BCUT2D eigenvalue weighted by Crippen LogP contribution is 2.31. The smallest absolute Gasteiger partial charge is 0.332 e. The van der Waals surface area contributed by atoms with Crippen molar-refractivity contribution in [3.63, 3.8) is 0 Å². The zero-order valence-corrected chi connectivity index (χ0v) is 14.0. The number of aryl methyl sites for hydroxylation is 2. The van der Waals surface area contributed by atoms with E-state index in [2.05, 4.69) is 10.2 Å². The van der Waals surface area contributed by atoms with E-state index in [-0.39, 0.29) is 19.1 Å². The van der Waals surface area contributed by atoms with Gasteiger partial charge in [-0.3, -0.25) is 23.6 Å². The zero-order chi connectivity index (χ0) is 17.8. The van der Waals surface area contributed by atoms with Gasteiger partial charge in [0.05, 0.1) is 13.1 Å². The van der Waals surface area contributed by atoms with Gasteiger partial charge in [-0.2, -0.15) is 10.2 Å². The Labute approximate surface area is 142 Å². The second-order valence-electron chi connectivity index (χ2n) is 6.52. The molecule has 132 valence electrons. The van der Waals surface area contributed by atoms with E-state index in [0.717, 1.165) is 4.68 Å². The van der Waals surface area contributed by atoms with Gasteiger partial charge in [-0.25, -0.2) is 4.68 Å². The molecule has 0 saturated carbocycles. The van der Waals surface area contributed by atoms with Gasteiger partial charge in [0.15, 0.2) is 5.82 Å². The lowest BCUT2D eigenvalue weighted by molar-refractivity contribution is -0.0842. The first-order chi connectivity index (χ1) is 11.9. The molecule has 2 aliphatic heterocycles. The van der Waals surface area contributed by atoms with Crippen molar-refractivity contribution in [3.8, 4) is 0 Å². The highest BCUT2D eigenvalue weighted by Gasteiger charge is 2.45. The van der Waals surface area contributed by atoms with E-state index in [1.807, 2.05) is 0 Å². The Bertz CT molecular complexity index is 973. The first-order valence-electron chi connectivity index (χ1n) is 7.98. The van der Waals surface area contributed by atoms with Crippen molar-refractivity contribution in [3.05, 3.63) is 44.5 Å². The summed E-state index contributed by atoms with van der Waals surface area (Å²) in [6, 6.07) is 1.67. The maximum absolute atomic E-state index is 12.6. The van der Waals surface area contributed by atoms with Crippen LogP contribution in [0.1, 0.15) is 22.7 Å². The topological polar surface area (TPSA) is 104 Å². The van der Waals surface area contributed by atoms with Crippen molar-refractivity contribution < 1.29 is 9.53 Å². The molecule has 1 spiro atoms. The van der Waals surface area contributed by atoms with Gasteiger partial charge in [-0.15, -0.1) is 0 Å². The molecule has 4 rings (SSSR count). The largest absolute Gasteiger partial charge is 0.363 e. The Morgan fingerprint density at radius 2 is 2.00 bits per heavy atom. The third-order valence-electron chi connectivity index (χ3n) is 4.90. The van der Waals surface area contributed by atoms with Crippen LogP contribution in [-0.2, 0) is 32.0 Å². The highest BCUT2D eigenvalue weighted by molar-refractivity contribution is 5.92. The minimum absolute atomic E-state index is 0.124. The lowest BCUT2D eigenvalue weighted by atomic mass is 10.0. The molecule has 2 aliphatic rings. The van der Waals surface area contributed by atoms with Crippen LogP contribution in [0, 0.1) is 0 Å². The first kappa shape index (κ1) is 15.8. The third kappa shape index (κ3) is 2.40. The van der Waals surface area contributed by atoms with Gasteiger partial charge in [-0.1, -0.05) is 0 Å². The molecule has 0 aromatic carbocycles. The van der Waals surface area contributed by atoms with Crippen molar-refractivity contribution in [2.75, 3.05) is 13.1 Å². The number of fused-ring (bicyclic) bond motifs is 1. The molecular formula is C15H18N6O4. The summed E-state index contributed by atoms with van der Waals surface area (Å²) in [4.78, 5) is 38.5. The highest BCUT2D eigenvalue weighted by atomic mass is 16.5. The number of ether oxygens (including phenoxy) is 1. The predicted octanol–water partition coefficient (Wildman–Crippen LogP) is -1.51. The predicted molar refractivity (Wildman–Crippen MR) is 85.0 cm³/mol. The molecule has 1 amide bonds. The van der Waals surface area contributed by atoms with Crippen molar-refractivity contribution in [1.29, 1.82) is 0 Å². The van der Waals surface area contributed by atoms with Crippen molar-refractivity contribution in [2.24, 2.45) is 14.1 Å². The molecule has 0 N–H and O–H groups in total. The molecular weight excluding hydrogens is 328 g/mol. The number of likely N-dealkylation sites (tertiary alicyclic amines) is 1. The minimum atomic E-state index is -0.668. The maximum Gasteiger partial charge on any atom is 0.332 e. The molecule has 4 heterocycles. The second-order valence-corrected chi connectivity index (χ2v) is 6.52. The summed E-state index contributed by atoms with van der Waals surface area (Å²) in [5.74, 6) is 0.301. The molecule has 10 nitrogen and oxygen atoms in total. The van der Waals surface area contributed by atoms with Crippen LogP contribution in [0.25, 0.3) is 0 Å². The van der Waals surface area contributed by atoms with Gasteiger partial charge in [0.2, 0.25) is 0 Å². The van der Waals surface area contributed by atoms with Gasteiger partial charge < -0.3 is 9.64 Å². The van der Waals surface area contributed by atoms with Gasteiger partial charge in [0.1, 0.15) is 17.9 Å². The minimum Gasteiger partial charge on any atom is -0.363 e. The molecule has 0 aliphatic carbocycles. The number of carbonyl (C=O) groups is 1. The van der Waals surface area contributed by atoms with E-state index >= 15 is 0 Å². The van der Waals surface area contributed by atoms with Crippen molar-refractivity contribution in [1.82, 2.24) is 29.0 Å². The normalized spacial score (nSPS) is 22.4. The standard InChI is InChI=1S/C15H18N6O4/c1-18-10(3-5-16-18)12(22)20-6-4-15(8-20)9-21-11(7-25-15)17-19(2)13(23)14(21)24/h3,5H,4,6-9H2,1-2H3/t15-/m0/s1. The van der Waals surface area contributed by atoms with Crippen LogP contribution in [0.4, 0.5) is 0 Å². The molecule has 1 fully saturated rings. The van der Waals surface area contributed by atoms with Gasteiger partial charge in [-0.05, 0) is 12.5 Å². The van der Waals surface area contributed by atoms with Crippen LogP contribution < -0.4 is 11.1 Å². The number of aromatic nitrogens is 5. The third-order valence-corrected chi connectivity index (χ3v) is 4.90. The fraction of sp³-hybridized carbons (Fsp3) is 0.533. The Hall–Kier alpha value is -2.75. The Morgan fingerprint density at radius 1 is 1.20 bits per heavy atom. The van der Waals surface area contributed by atoms with Crippen LogP contribution in [0.15, 0.2) is 21.9 Å². The number of carbonyl (C=O) groups excluding carboxylic acids is 1. The second kappa shape index (κ2) is 5.38.